The third-order valence-electron chi connectivity index (χ3n) is 2.89. The highest BCUT2D eigenvalue weighted by Crippen LogP contribution is 2.33. The smallest absolute Gasteiger partial charge is 0.311 e. The lowest BCUT2D eigenvalue weighted by Crippen LogP contribution is -2.38. The Kier molecular flexibility index (Phi) is 3.31. The first-order valence-corrected chi connectivity index (χ1v) is 4.75. The standard InChI is InChI=1S/C10H18O3/c1-10(2,9(11)12-3)8-5-4-6-13-7-8/h8H,4-7H2,1-3H3. The van der Waals surface area contributed by atoms with Gasteiger partial charge in [-0.15, -0.1) is 0 Å². The Morgan fingerprint density at radius 3 is 2.69 bits per heavy atom. The number of carbonyl (C=O) groups excluding carboxylic acids is 1. The first-order chi connectivity index (χ1) is 6.09. The predicted octanol–water partition coefficient (Wildman–Crippen LogP) is 1.61. The van der Waals surface area contributed by atoms with E-state index in [1.165, 1.54) is 7.11 Å². The number of hydrogen-bond donors (Lipinski definition) is 0. The van der Waals surface area contributed by atoms with Gasteiger partial charge in [-0.05, 0) is 32.6 Å². The summed E-state index contributed by atoms with van der Waals surface area (Å²) in [6, 6.07) is 0. The maximum absolute atomic E-state index is 11.5. The van der Waals surface area contributed by atoms with Crippen molar-refractivity contribution in [3.63, 3.8) is 0 Å². The fraction of sp³-hybridized carbons (Fsp3) is 0.900. The van der Waals surface area contributed by atoms with Crippen molar-refractivity contribution >= 4 is 5.97 Å². The summed E-state index contributed by atoms with van der Waals surface area (Å²) in [6.45, 7) is 5.37. The van der Waals surface area contributed by atoms with E-state index >= 15 is 0 Å². The van der Waals surface area contributed by atoms with Crippen LogP contribution in [0.3, 0.4) is 0 Å². The Labute approximate surface area is 79.4 Å². The molecule has 76 valence electrons. The number of carbonyl (C=O) groups is 1. The van der Waals surface area contributed by atoms with E-state index in [1.807, 2.05) is 13.8 Å². The molecule has 3 nitrogen and oxygen atoms in total. The molecule has 1 aliphatic rings. The molecule has 1 atom stereocenters. The quantitative estimate of drug-likeness (QED) is 0.615. The van der Waals surface area contributed by atoms with Gasteiger partial charge in [-0.3, -0.25) is 4.79 Å². The van der Waals surface area contributed by atoms with E-state index in [1.54, 1.807) is 0 Å². The van der Waals surface area contributed by atoms with Crippen molar-refractivity contribution in [2.45, 2.75) is 26.7 Å². The molecule has 1 heterocycles. The van der Waals surface area contributed by atoms with Gasteiger partial charge in [0.1, 0.15) is 0 Å². The molecule has 1 saturated heterocycles. The van der Waals surface area contributed by atoms with Crippen molar-refractivity contribution in [1.29, 1.82) is 0 Å². The first-order valence-electron chi connectivity index (χ1n) is 4.75. The number of hydrogen-bond acceptors (Lipinski definition) is 3. The summed E-state index contributed by atoms with van der Waals surface area (Å²) in [6.07, 6.45) is 2.10. The highest BCUT2D eigenvalue weighted by atomic mass is 16.5. The molecule has 1 aliphatic heterocycles. The summed E-state index contributed by atoms with van der Waals surface area (Å²) in [5.41, 5.74) is -0.408. The first kappa shape index (κ1) is 10.5. The van der Waals surface area contributed by atoms with Crippen molar-refractivity contribution in [2.24, 2.45) is 11.3 Å². The lowest BCUT2D eigenvalue weighted by molar-refractivity contribution is -0.157. The molecule has 0 radical (unpaired) electrons. The Balaban J connectivity index is 2.60. The van der Waals surface area contributed by atoms with E-state index in [9.17, 15) is 4.79 Å². The second kappa shape index (κ2) is 4.09. The minimum Gasteiger partial charge on any atom is -0.469 e. The summed E-state index contributed by atoms with van der Waals surface area (Å²) < 4.78 is 10.1. The number of ether oxygens (including phenoxy) is 2. The maximum atomic E-state index is 11.5. The van der Waals surface area contributed by atoms with Crippen molar-refractivity contribution < 1.29 is 14.3 Å². The van der Waals surface area contributed by atoms with Crippen LogP contribution in [-0.2, 0) is 14.3 Å². The van der Waals surface area contributed by atoms with Gasteiger partial charge in [-0.2, -0.15) is 0 Å². The molecule has 1 rings (SSSR count). The lowest BCUT2D eigenvalue weighted by atomic mass is 9.76. The summed E-state index contributed by atoms with van der Waals surface area (Å²) in [7, 11) is 1.44. The van der Waals surface area contributed by atoms with Crippen LogP contribution in [-0.4, -0.2) is 26.3 Å². The van der Waals surface area contributed by atoms with Crippen LogP contribution in [0.2, 0.25) is 0 Å². The Bertz CT molecular complexity index is 181. The van der Waals surface area contributed by atoms with Gasteiger partial charge in [0.25, 0.3) is 0 Å². The largest absolute Gasteiger partial charge is 0.469 e. The monoisotopic (exact) mass is 186 g/mol. The minimum atomic E-state index is -0.408. The van der Waals surface area contributed by atoms with E-state index in [0.29, 0.717) is 12.5 Å². The van der Waals surface area contributed by atoms with Crippen LogP contribution < -0.4 is 0 Å². The van der Waals surface area contributed by atoms with Gasteiger partial charge in [0.05, 0.1) is 19.1 Å². The van der Waals surface area contributed by atoms with Crippen LogP contribution in [0, 0.1) is 11.3 Å². The van der Waals surface area contributed by atoms with Crippen molar-refractivity contribution in [2.75, 3.05) is 20.3 Å². The molecule has 0 aromatic rings. The zero-order valence-electron chi connectivity index (χ0n) is 8.63. The molecular formula is C10H18O3. The zero-order chi connectivity index (χ0) is 9.90. The molecule has 1 fully saturated rings. The molecule has 1 unspecified atom stereocenters. The molecular weight excluding hydrogens is 168 g/mol. The third kappa shape index (κ3) is 2.21. The number of rotatable bonds is 2. The fourth-order valence-electron chi connectivity index (χ4n) is 1.74. The van der Waals surface area contributed by atoms with Gasteiger partial charge >= 0.3 is 5.97 Å². The third-order valence-corrected chi connectivity index (χ3v) is 2.89. The van der Waals surface area contributed by atoms with Crippen LogP contribution in [0.5, 0.6) is 0 Å². The highest BCUT2D eigenvalue weighted by Gasteiger charge is 2.38. The van der Waals surface area contributed by atoms with Crippen LogP contribution in [0.1, 0.15) is 26.7 Å². The fourth-order valence-corrected chi connectivity index (χ4v) is 1.74. The van der Waals surface area contributed by atoms with E-state index in [2.05, 4.69) is 0 Å². The van der Waals surface area contributed by atoms with E-state index in [4.69, 9.17) is 9.47 Å². The Morgan fingerprint density at radius 1 is 1.54 bits per heavy atom. The number of esters is 1. The van der Waals surface area contributed by atoms with Crippen LogP contribution in [0.15, 0.2) is 0 Å². The Morgan fingerprint density at radius 2 is 2.23 bits per heavy atom. The van der Waals surface area contributed by atoms with Crippen LogP contribution >= 0.6 is 0 Å². The molecule has 0 aromatic heterocycles. The summed E-state index contributed by atoms with van der Waals surface area (Å²) in [4.78, 5) is 11.5. The molecule has 0 N–H and O–H groups in total. The summed E-state index contributed by atoms with van der Waals surface area (Å²) >= 11 is 0. The molecule has 0 bridgehead atoms. The second-order valence-corrected chi connectivity index (χ2v) is 4.13. The van der Waals surface area contributed by atoms with Crippen molar-refractivity contribution in [3.05, 3.63) is 0 Å². The Hall–Kier alpha value is -0.570. The van der Waals surface area contributed by atoms with Gasteiger partial charge in [0, 0.05) is 6.61 Å². The SMILES string of the molecule is COC(=O)C(C)(C)C1CCCOC1. The molecule has 0 amide bonds. The predicted molar refractivity (Wildman–Crippen MR) is 49.3 cm³/mol. The maximum Gasteiger partial charge on any atom is 0.311 e. The normalized spacial score (nSPS) is 24.1. The molecule has 3 heteroatoms. The van der Waals surface area contributed by atoms with E-state index in [-0.39, 0.29) is 5.97 Å². The molecule has 0 saturated carbocycles. The van der Waals surface area contributed by atoms with Gasteiger partial charge in [0.15, 0.2) is 0 Å². The summed E-state index contributed by atoms with van der Waals surface area (Å²) in [5.74, 6) is 0.164. The second-order valence-electron chi connectivity index (χ2n) is 4.13. The van der Waals surface area contributed by atoms with Crippen LogP contribution in [0.25, 0.3) is 0 Å². The van der Waals surface area contributed by atoms with Gasteiger partial charge < -0.3 is 9.47 Å². The minimum absolute atomic E-state index is 0.136. The van der Waals surface area contributed by atoms with Crippen molar-refractivity contribution in [3.8, 4) is 0 Å². The van der Waals surface area contributed by atoms with Gasteiger partial charge in [-0.25, -0.2) is 0 Å². The van der Waals surface area contributed by atoms with E-state index in [0.717, 1.165) is 19.4 Å². The molecule has 0 spiro atoms. The number of methoxy groups -OCH3 is 1. The molecule has 0 aromatic carbocycles. The highest BCUT2D eigenvalue weighted by molar-refractivity contribution is 5.76. The molecule has 13 heavy (non-hydrogen) atoms. The lowest BCUT2D eigenvalue weighted by Gasteiger charge is -2.34. The van der Waals surface area contributed by atoms with Gasteiger partial charge in [-0.1, -0.05) is 0 Å². The van der Waals surface area contributed by atoms with Crippen LogP contribution in [0.4, 0.5) is 0 Å². The average molecular weight is 186 g/mol. The zero-order valence-corrected chi connectivity index (χ0v) is 8.63. The van der Waals surface area contributed by atoms with E-state index < -0.39 is 5.41 Å². The average Bonchev–Trinajstić information content (AvgIpc) is 2.18. The summed E-state index contributed by atoms with van der Waals surface area (Å²) in [5, 5.41) is 0. The van der Waals surface area contributed by atoms with Crippen molar-refractivity contribution in [1.82, 2.24) is 0 Å². The molecule has 0 aliphatic carbocycles. The topological polar surface area (TPSA) is 35.5 Å². The van der Waals surface area contributed by atoms with Gasteiger partial charge in [0.2, 0.25) is 0 Å².